The number of hydrogen-bond acceptors (Lipinski definition) is 4. The third-order valence-corrected chi connectivity index (χ3v) is 2.67. The molecule has 0 aliphatic heterocycles. The van der Waals surface area contributed by atoms with Crippen LogP contribution < -0.4 is 11.1 Å². The number of nitrogens with one attached hydrogen (secondary N) is 2. The summed E-state index contributed by atoms with van der Waals surface area (Å²) in [5, 5.41) is 18.8. The molecule has 2 rings (SSSR count). The Morgan fingerprint density at radius 3 is 3.00 bits per heavy atom. The first-order chi connectivity index (χ1) is 9.10. The Bertz CT molecular complexity index is 592. The number of aryl methyl sites for hydroxylation is 1. The van der Waals surface area contributed by atoms with Crippen LogP contribution in [0.5, 0.6) is 5.75 Å². The molecule has 1 aromatic heterocycles. The van der Waals surface area contributed by atoms with Gasteiger partial charge in [0.2, 0.25) is 0 Å². The number of phenols is 1. The average molecular weight is 260 g/mol. The minimum Gasteiger partial charge on any atom is -0.508 e. The van der Waals surface area contributed by atoms with Crippen LogP contribution in [0.25, 0.3) is 0 Å². The van der Waals surface area contributed by atoms with E-state index in [1.807, 2.05) is 0 Å². The van der Waals surface area contributed by atoms with Crippen LogP contribution in [-0.2, 0) is 6.42 Å². The van der Waals surface area contributed by atoms with Gasteiger partial charge in [-0.25, -0.2) is 0 Å². The van der Waals surface area contributed by atoms with Gasteiger partial charge in [-0.1, -0.05) is 13.3 Å². The third-order valence-electron chi connectivity index (χ3n) is 2.67. The van der Waals surface area contributed by atoms with Crippen molar-refractivity contribution >= 4 is 17.4 Å². The number of carbonyl (C=O) groups is 1. The Balaban J connectivity index is 2.13. The van der Waals surface area contributed by atoms with Gasteiger partial charge < -0.3 is 16.2 Å². The molecule has 6 nitrogen and oxygen atoms in total. The number of aromatic hydroxyl groups is 1. The summed E-state index contributed by atoms with van der Waals surface area (Å²) in [6.07, 6.45) is 1.87. The maximum absolute atomic E-state index is 12.0. The average Bonchev–Trinajstić information content (AvgIpc) is 2.80. The van der Waals surface area contributed by atoms with Crippen LogP contribution in [-0.4, -0.2) is 21.2 Å². The molecule has 0 radical (unpaired) electrons. The van der Waals surface area contributed by atoms with Gasteiger partial charge in [0, 0.05) is 17.4 Å². The van der Waals surface area contributed by atoms with Crippen LogP contribution in [0.15, 0.2) is 24.3 Å². The fraction of sp³-hybridized carbons (Fsp3) is 0.231. The quantitative estimate of drug-likeness (QED) is 0.498. The molecule has 0 atom stereocenters. The van der Waals surface area contributed by atoms with E-state index in [1.54, 1.807) is 6.07 Å². The van der Waals surface area contributed by atoms with E-state index in [2.05, 4.69) is 22.4 Å². The molecule has 1 heterocycles. The predicted octanol–water partition coefficient (Wildman–Crippen LogP) is 1.90. The van der Waals surface area contributed by atoms with Crippen molar-refractivity contribution in [3.8, 4) is 5.75 Å². The second-order valence-corrected chi connectivity index (χ2v) is 4.25. The first kappa shape index (κ1) is 12.9. The number of carbonyl (C=O) groups excluding carboxylic acids is 1. The van der Waals surface area contributed by atoms with Crippen LogP contribution in [0.3, 0.4) is 0 Å². The summed E-state index contributed by atoms with van der Waals surface area (Å²) in [5.41, 5.74) is 7.18. The third kappa shape index (κ3) is 3.04. The van der Waals surface area contributed by atoms with Gasteiger partial charge in [-0.15, -0.1) is 0 Å². The van der Waals surface area contributed by atoms with Gasteiger partial charge >= 0.3 is 0 Å². The molecule has 0 unspecified atom stereocenters. The highest BCUT2D eigenvalue weighted by Crippen LogP contribution is 2.19. The van der Waals surface area contributed by atoms with E-state index in [1.165, 1.54) is 18.2 Å². The lowest BCUT2D eigenvalue weighted by Gasteiger charge is -2.05. The minimum absolute atomic E-state index is 0.00644. The van der Waals surface area contributed by atoms with E-state index >= 15 is 0 Å². The molecule has 2 aromatic rings. The van der Waals surface area contributed by atoms with E-state index in [9.17, 15) is 9.90 Å². The number of aromatic nitrogens is 2. The van der Waals surface area contributed by atoms with Crippen LogP contribution in [0.1, 0.15) is 29.4 Å². The first-order valence-electron chi connectivity index (χ1n) is 6.04. The summed E-state index contributed by atoms with van der Waals surface area (Å²) < 4.78 is 0. The molecule has 0 saturated carbocycles. The Morgan fingerprint density at radius 1 is 1.47 bits per heavy atom. The molecule has 0 fully saturated rings. The molecule has 1 aromatic carbocycles. The van der Waals surface area contributed by atoms with E-state index < -0.39 is 5.91 Å². The maximum atomic E-state index is 12.0. The van der Waals surface area contributed by atoms with E-state index in [4.69, 9.17) is 5.73 Å². The summed E-state index contributed by atoms with van der Waals surface area (Å²) in [7, 11) is 0. The minimum atomic E-state index is -0.400. The SMILES string of the molecule is CCCc1cc(NC(=O)c2cc(O)ccc2N)n[nH]1. The van der Waals surface area contributed by atoms with Crippen molar-refractivity contribution in [1.29, 1.82) is 0 Å². The number of nitrogen functional groups attached to an aromatic ring is 1. The molecule has 5 N–H and O–H groups in total. The van der Waals surface area contributed by atoms with Gasteiger partial charge in [-0.05, 0) is 24.6 Å². The standard InChI is InChI=1S/C13H16N4O2/c1-2-3-8-6-12(17-16-8)15-13(19)10-7-9(18)4-5-11(10)14/h4-7,18H,2-3,14H2,1H3,(H2,15,16,17,19). The van der Waals surface area contributed by atoms with Crippen molar-refractivity contribution in [2.24, 2.45) is 0 Å². The fourth-order valence-corrected chi connectivity index (χ4v) is 1.75. The van der Waals surface area contributed by atoms with Gasteiger partial charge in [-0.3, -0.25) is 9.89 Å². The Hall–Kier alpha value is -2.50. The van der Waals surface area contributed by atoms with Crippen molar-refractivity contribution in [2.75, 3.05) is 11.1 Å². The molecule has 0 aliphatic carbocycles. The zero-order valence-corrected chi connectivity index (χ0v) is 10.6. The number of benzene rings is 1. The number of nitrogens with two attached hydrogens (primary N) is 1. The molecule has 0 saturated heterocycles. The molecule has 6 heteroatoms. The highest BCUT2D eigenvalue weighted by atomic mass is 16.3. The highest BCUT2D eigenvalue weighted by molar-refractivity contribution is 6.07. The Labute approximate surface area is 110 Å². The smallest absolute Gasteiger partial charge is 0.259 e. The van der Waals surface area contributed by atoms with E-state index in [0.29, 0.717) is 11.5 Å². The number of aromatic amines is 1. The molecule has 19 heavy (non-hydrogen) atoms. The van der Waals surface area contributed by atoms with Crippen molar-refractivity contribution in [3.05, 3.63) is 35.5 Å². The Kier molecular flexibility index (Phi) is 3.70. The molecular weight excluding hydrogens is 244 g/mol. The number of anilines is 2. The number of H-pyrrole nitrogens is 1. The fourth-order valence-electron chi connectivity index (χ4n) is 1.75. The Morgan fingerprint density at radius 2 is 2.26 bits per heavy atom. The van der Waals surface area contributed by atoms with Gasteiger partial charge in [0.05, 0.1) is 5.56 Å². The van der Waals surface area contributed by atoms with Crippen LogP contribution in [0, 0.1) is 0 Å². The summed E-state index contributed by atoms with van der Waals surface area (Å²) in [5.74, 6) is 0.0344. The summed E-state index contributed by atoms with van der Waals surface area (Å²) >= 11 is 0. The molecular formula is C13H16N4O2. The zero-order chi connectivity index (χ0) is 13.8. The predicted molar refractivity (Wildman–Crippen MR) is 73.1 cm³/mol. The van der Waals surface area contributed by atoms with Gasteiger partial charge in [-0.2, -0.15) is 5.10 Å². The summed E-state index contributed by atoms with van der Waals surface area (Å²) in [4.78, 5) is 12.0. The number of nitrogens with zero attached hydrogens (tertiary/aromatic N) is 1. The largest absolute Gasteiger partial charge is 0.508 e. The number of rotatable bonds is 4. The van der Waals surface area contributed by atoms with Gasteiger partial charge in [0.15, 0.2) is 5.82 Å². The summed E-state index contributed by atoms with van der Waals surface area (Å²) in [6, 6.07) is 6.02. The van der Waals surface area contributed by atoms with Crippen molar-refractivity contribution in [1.82, 2.24) is 10.2 Å². The monoisotopic (exact) mass is 260 g/mol. The second-order valence-electron chi connectivity index (χ2n) is 4.25. The normalized spacial score (nSPS) is 10.4. The number of hydrogen-bond donors (Lipinski definition) is 4. The second kappa shape index (κ2) is 5.43. The van der Waals surface area contributed by atoms with Crippen molar-refractivity contribution < 1.29 is 9.90 Å². The first-order valence-corrected chi connectivity index (χ1v) is 6.04. The zero-order valence-electron chi connectivity index (χ0n) is 10.6. The van der Waals surface area contributed by atoms with Gasteiger partial charge in [0.25, 0.3) is 5.91 Å². The van der Waals surface area contributed by atoms with Crippen molar-refractivity contribution in [2.45, 2.75) is 19.8 Å². The van der Waals surface area contributed by atoms with E-state index in [-0.39, 0.29) is 11.3 Å². The van der Waals surface area contributed by atoms with E-state index in [0.717, 1.165) is 18.5 Å². The molecule has 0 bridgehead atoms. The number of phenolic OH excluding ortho intramolecular Hbond substituents is 1. The maximum Gasteiger partial charge on any atom is 0.259 e. The number of amides is 1. The van der Waals surface area contributed by atoms with Crippen LogP contribution in [0.2, 0.25) is 0 Å². The topological polar surface area (TPSA) is 104 Å². The lowest BCUT2D eigenvalue weighted by molar-refractivity contribution is 0.102. The highest BCUT2D eigenvalue weighted by Gasteiger charge is 2.12. The molecule has 1 amide bonds. The lowest BCUT2D eigenvalue weighted by Crippen LogP contribution is -2.14. The molecule has 0 spiro atoms. The van der Waals surface area contributed by atoms with Gasteiger partial charge in [0.1, 0.15) is 5.75 Å². The van der Waals surface area contributed by atoms with Crippen molar-refractivity contribution in [3.63, 3.8) is 0 Å². The van der Waals surface area contributed by atoms with Crippen LogP contribution in [0.4, 0.5) is 11.5 Å². The lowest BCUT2D eigenvalue weighted by atomic mass is 10.1. The summed E-state index contributed by atoms with van der Waals surface area (Å²) in [6.45, 7) is 2.06. The molecule has 0 aliphatic rings. The van der Waals surface area contributed by atoms with Crippen LogP contribution >= 0.6 is 0 Å². The molecule has 100 valence electrons.